The van der Waals surface area contributed by atoms with Gasteiger partial charge in [-0.05, 0) is 76.2 Å². The van der Waals surface area contributed by atoms with Gasteiger partial charge in [0.05, 0.1) is 10.1 Å². The fourth-order valence-electron chi connectivity index (χ4n) is 2.27. The largest absolute Gasteiger partial charge is 0.322 e. The third kappa shape index (κ3) is 6.28. The lowest BCUT2D eigenvalue weighted by Crippen LogP contribution is -2.30. The van der Waals surface area contributed by atoms with E-state index in [1.54, 1.807) is 27.7 Å². The highest BCUT2D eigenvalue weighted by Crippen LogP contribution is 2.17. The normalized spacial score (nSPS) is 12.2. The van der Waals surface area contributed by atoms with Crippen LogP contribution in [0.15, 0.2) is 53.4 Å². The van der Waals surface area contributed by atoms with Crippen molar-refractivity contribution in [2.75, 3.05) is 10.0 Å². The predicted molar refractivity (Wildman–Crippen MR) is 114 cm³/mol. The van der Waals surface area contributed by atoms with Crippen LogP contribution in [0.5, 0.6) is 0 Å². The molecule has 2 aromatic carbocycles. The Morgan fingerprint density at radius 3 is 1.79 bits per heavy atom. The summed E-state index contributed by atoms with van der Waals surface area (Å²) in [5.74, 6) is -0.404. The van der Waals surface area contributed by atoms with Crippen molar-refractivity contribution >= 4 is 37.3 Å². The van der Waals surface area contributed by atoms with Crippen LogP contribution in [0, 0.1) is 0 Å². The van der Waals surface area contributed by atoms with Crippen molar-refractivity contribution in [2.45, 2.75) is 43.9 Å². The molecule has 0 aliphatic carbocycles. The van der Waals surface area contributed by atoms with Crippen molar-refractivity contribution in [3.63, 3.8) is 0 Å². The molecule has 0 aliphatic rings. The Labute approximate surface area is 171 Å². The Balaban J connectivity index is 2.07. The van der Waals surface area contributed by atoms with Gasteiger partial charge < -0.3 is 5.32 Å². The number of sulfonamides is 2. The average molecular weight is 440 g/mol. The summed E-state index contributed by atoms with van der Waals surface area (Å²) in [4.78, 5) is 12.5. The van der Waals surface area contributed by atoms with Crippen LogP contribution < -0.4 is 14.8 Å². The number of amides is 1. The number of carbonyl (C=O) groups is 1. The van der Waals surface area contributed by atoms with E-state index in [1.807, 2.05) is 0 Å². The van der Waals surface area contributed by atoms with Crippen LogP contribution in [0.1, 0.15) is 38.1 Å². The summed E-state index contributed by atoms with van der Waals surface area (Å²) in [6.07, 6.45) is 0. The number of anilines is 2. The number of hydrogen-bond donors (Lipinski definition) is 3. The van der Waals surface area contributed by atoms with E-state index in [0.29, 0.717) is 16.9 Å². The first-order chi connectivity index (χ1) is 13.4. The fourth-order valence-corrected chi connectivity index (χ4v) is 4.22. The van der Waals surface area contributed by atoms with Crippen molar-refractivity contribution in [3.05, 3.63) is 54.1 Å². The van der Waals surface area contributed by atoms with Gasteiger partial charge in [-0.2, -0.15) is 0 Å². The predicted octanol–water partition coefficient (Wildman–Crippen LogP) is 2.78. The van der Waals surface area contributed by atoms with Crippen molar-refractivity contribution in [3.8, 4) is 0 Å². The monoisotopic (exact) mass is 439 g/mol. The Morgan fingerprint density at radius 2 is 1.31 bits per heavy atom. The zero-order valence-corrected chi connectivity index (χ0v) is 18.3. The molecule has 10 heteroatoms. The standard InChI is InChI=1S/C19H25N3O5S2/c1-13(2)21-29(26,27)18-11-9-16(10-12-18)20-19(23)15-5-7-17(8-6-15)22-28(24,25)14(3)4/h5-14,21-22H,1-4H3,(H,20,23). The maximum Gasteiger partial charge on any atom is 0.255 e. The van der Waals surface area contributed by atoms with E-state index in [4.69, 9.17) is 0 Å². The van der Waals surface area contributed by atoms with Gasteiger partial charge in [-0.15, -0.1) is 0 Å². The molecular weight excluding hydrogens is 414 g/mol. The molecule has 0 heterocycles. The van der Waals surface area contributed by atoms with Crippen LogP contribution in [-0.4, -0.2) is 34.0 Å². The average Bonchev–Trinajstić information content (AvgIpc) is 2.61. The Bertz CT molecular complexity index is 1060. The van der Waals surface area contributed by atoms with Crippen molar-refractivity contribution in [2.24, 2.45) is 0 Å². The van der Waals surface area contributed by atoms with Crippen molar-refractivity contribution < 1.29 is 21.6 Å². The molecule has 8 nitrogen and oxygen atoms in total. The van der Waals surface area contributed by atoms with E-state index in [2.05, 4.69) is 14.8 Å². The van der Waals surface area contributed by atoms with Gasteiger partial charge in [-0.3, -0.25) is 9.52 Å². The fraction of sp³-hybridized carbons (Fsp3) is 0.316. The van der Waals surface area contributed by atoms with Crippen LogP contribution in [0.4, 0.5) is 11.4 Å². The quantitative estimate of drug-likeness (QED) is 0.584. The zero-order chi connectivity index (χ0) is 21.8. The SMILES string of the molecule is CC(C)NS(=O)(=O)c1ccc(NC(=O)c2ccc(NS(=O)(=O)C(C)C)cc2)cc1. The summed E-state index contributed by atoms with van der Waals surface area (Å²) in [6.45, 7) is 6.59. The topological polar surface area (TPSA) is 121 Å². The molecule has 3 N–H and O–H groups in total. The van der Waals surface area contributed by atoms with Crippen molar-refractivity contribution in [1.82, 2.24) is 4.72 Å². The second kappa shape index (κ2) is 8.93. The van der Waals surface area contributed by atoms with Crippen LogP contribution in [0.3, 0.4) is 0 Å². The minimum atomic E-state index is -3.60. The summed E-state index contributed by atoms with van der Waals surface area (Å²) >= 11 is 0. The second-order valence-electron chi connectivity index (χ2n) is 7.03. The highest BCUT2D eigenvalue weighted by molar-refractivity contribution is 7.93. The molecule has 0 fully saturated rings. The van der Waals surface area contributed by atoms with E-state index in [1.165, 1.54) is 48.5 Å². The van der Waals surface area contributed by atoms with Gasteiger partial charge in [0.25, 0.3) is 5.91 Å². The number of rotatable bonds is 8. The van der Waals surface area contributed by atoms with Gasteiger partial charge in [0.1, 0.15) is 0 Å². The van der Waals surface area contributed by atoms with Gasteiger partial charge in [0.2, 0.25) is 20.0 Å². The smallest absolute Gasteiger partial charge is 0.255 e. The van der Waals surface area contributed by atoms with Crippen LogP contribution >= 0.6 is 0 Å². The molecule has 1 amide bonds. The number of nitrogens with one attached hydrogen (secondary N) is 3. The lowest BCUT2D eigenvalue weighted by Gasteiger charge is -2.12. The molecule has 158 valence electrons. The lowest BCUT2D eigenvalue weighted by molar-refractivity contribution is 0.102. The molecule has 0 spiro atoms. The van der Waals surface area contributed by atoms with E-state index < -0.39 is 31.2 Å². The summed E-state index contributed by atoms with van der Waals surface area (Å²) in [5, 5.41) is 2.09. The third-order valence-electron chi connectivity index (χ3n) is 3.84. The molecule has 2 aromatic rings. The first-order valence-electron chi connectivity index (χ1n) is 8.96. The summed E-state index contributed by atoms with van der Waals surface area (Å²) in [7, 11) is -7.06. The molecule has 0 atom stereocenters. The van der Waals surface area contributed by atoms with Gasteiger partial charge in [-0.25, -0.2) is 21.6 Å². The summed E-state index contributed by atoms with van der Waals surface area (Å²) in [5.41, 5.74) is 1.13. The molecule has 0 saturated carbocycles. The minimum Gasteiger partial charge on any atom is -0.322 e. The van der Waals surface area contributed by atoms with E-state index >= 15 is 0 Å². The third-order valence-corrected chi connectivity index (χ3v) is 7.28. The maximum absolute atomic E-state index is 12.4. The van der Waals surface area contributed by atoms with Crippen LogP contribution in [-0.2, 0) is 20.0 Å². The maximum atomic E-state index is 12.4. The molecule has 0 radical (unpaired) electrons. The Kier molecular flexibility index (Phi) is 7.04. The first-order valence-corrected chi connectivity index (χ1v) is 12.0. The molecule has 2 rings (SSSR count). The molecule has 0 saturated heterocycles. The molecule has 0 bridgehead atoms. The van der Waals surface area contributed by atoms with E-state index in [0.717, 1.165) is 0 Å². The second-order valence-corrected chi connectivity index (χ2v) is 11.0. The molecule has 0 aliphatic heterocycles. The highest BCUT2D eigenvalue weighted by Gasteiger charge is 2.17. The Morgan fingerprint density at radius 1 is 0.793 bits per heavy atom. The van der Waals surface area contributed by atoms with Crippen LogP contribution in [0.25, 0.3) is 0 Å². The summed E-state index contributed by atoms with van der Waals surface area (Å²) in [6, 6.07) is 11.6. The first kappa shape index (κ1) is 22.9. The molecule has 0 unspecified atom stereocenters. The van der Waals surface area contributed by atoms with Gasteiger partial charge in [0.15, 0.2) is 0 Å². The number of carbonyl (C=O) groups excluding carboxylic acids is 1. The van der Waals surface area contributed by atoms with Crippen LogP contribution in [0.2, 0.25) is 0 Å². The molecular formula is C19H25N3O5S2. The van der Waals surface area contributed by atoms with E-state index in [9.17, 15) is 21.6 Å². The van der Waals surface area contributed by atoms with Gasteiger partial charge in [0, 0.05) is 23.0 Å². The summed E-state index contributed by atoms with van der Waals surface area (Å²) < 4.78 is 52.9. The minimum absolute atomic E-state index is 0.103. The van der Waals surface area contributed by atoms with Crippen molar-refractivity contribution in [1.29, 1.82) is 0 Å². The zero-order valence-electron chi connectivity index (χ0n) is 16.6. The molecule has 0 aromatic heterocycles. The Hall–Kier alpha value is -2.43. The van der Waals surface area contributed by atoms with Gasteiger partial charge in [-0.1, -0.05) is 0 Å². The number of hydrogen-bond acceptors (Lipinski definition) is 5. The number of benzene rings is 2. The molecule has 29 heavy (non-hydrogen) atoms. The van der Waals surface area contributed by atoms with E-state index in [-0.39, 0.29) is 10.9 Å². The lowest BCUT2D eigenvalue weighted by atomic mass is 10.2. The highest BCUT2D eigenvalue weighted by atomic mass is 32.2. The van der Waals surface area contributed by atoms with Gasteiger partial charge >= 0.3 is 0 Å².